The molecule has 0 radical (unpaired) electrons. The molecule has 5 rings (SSSR count). The molecule has 3 fully saturated rings. The molecule has 2 nitrogen and oxygen atoms in total. The Labute approximate surface area is 152 Å². The number of rotatable bonds is 1. The summed E-state index contributed by atoms with van der Waals surface area (Å²) < 4.78 is 0. The normalized spacial score (nSPS) is 46.2. The number of nitrogens with zero attached hydrogens (tertiary/aromatic N) is 1. The summed E-state index contributed by atoms with van der Waals surface area (Å²) in [5.74, 6) is 4.21. The zero-order chi connectivity index (χ0) is 17.2. The van der Waals surface area contributed by atoms with Gasteiger partial charge in [-0.15, -0.1) is 0 Å². The quantitative estimate of drug-likeness (QED) is 0.673. The van der Waals surface area contributed by atoms with E-state index in [1.54, 1.807) is 11.3 Å². The molecule has 0 bridgehead atoms. The van der Waals surface area contributed by atoms with Crippen LogP contribution in [-0.4, -0.2) is 23.8 Å². The summed E-state index contributed by atoms with van der Waals surface area (Å²) in [6.07, 6.45) is 15.0. The van der Waals surface area contributed by atoms with Crippen LogP contribution in [-0.2, 0) is 4.79 Å². The maximum atomic E-state index is 12.6. The Kier molecular flexibility index (Phi) is 3.70. The fourth-order valence-electron chi connectivity index (χ4n) is 7.37. The predicted octanol–water partition coefficient (Wildman–Crippen LogP) is 4.96. The minimum atomic E-state index is 0.00594. The zero-order valence-corrected chi connectivity index (χ0v) is 16.0. The van der Waals surface area contributed by atoms with Gasteiger partial charge in [-0.25, -0.2) is 0 Å². The topological polar surface area (TPSA) is 20.3 Å². The number of hydrogen-bond acceptors (Lipinski definition) is 2. The van der Waals surface area contributed by atoms with Crippen LogP contribution in [0.4, 0.5) is 0 Å². The lowest BCUT2D eigenvalue weighted by Crippen LogP contribution is -2.48. The van der Waals surface area contributed by atoms with Gasteiger partial charge in [-0.05, 0) is 86.2 Å². The van der Waals surface area contributed by atoms with Crippen molar-refractivity contribution in [3.8, 4) is 0 Å². The highest BCUT2D eigenvalue weighted by Gasteiger charge is 2.57. The van der Waals surface area contributed by atoms with Crippen LogP contribution in [0.15, 0.2) is 23.4 Å². The van der Waals surface area contributed by atoms with Gasteiger partial charge < -0.3 is 4.90 Å². The molecule has 6 atom stereocenters. The molecule has 0 N–H and O–H groups in total. The maximum absolute atomic E-state index is 12.6. The average molecular weight is 340 g/mol. The number of Topliss-reactive ketones (excluding diaryl/α,β-unsaturated/α-hetero) is 1. The molecule has 1 saturated heterocycles. The molecule has 5 aliphatic rings. The van der Waals surface area contributed by atoms with Gasteiger partial charge in [0.25, 0.3) is 0 Å². The summed E-state index contributed by atoms with van der Waals surface area (Å²) >= 11 is 0. The third-order valence-electron chi connectivity index (χ3n) is 8.66. The van der Waals surface area contributed by atoms with Crippen molar-refractivity contribution >= 4 is 5.78 Å². The van der Waals surface area contributed by atoms with Crippen molar-refractivity contribution in [1.82, 2.24) is 4.90 Å². The summed E-state index contributed by atoms with van der Waals surface area (Å²) in [6, 6.07) is 0. The fraction of sp³-hybridized carbons (Fsp3) is 0.783. The Bertz CT molecular complexity index is 640. The molecule has 4 aliphatic carbocycles. The molecule has 25 heavy (non-hydrogen) atoms. The van der Waals surface area contributed by atoms with E-state index in [-0.39, 0.29) is 5.41 Å². The van der Waals surface area contributed by atoms with Crippen molar-refractivity contribution in [3.63, 3.8) is 0 Å². The second kappa shape index (κ2) is 5.72. The Balaban J connectivity index is 1.46. The Morgan fingerprint density at radius 1 is 1.12 bits per heavy atom. The summed E-state index contributed by atoms with van der Waals surface area (Å²) in [5.41, 5.74) is 3.27. The van der Waals surface area contributed by atoms with Crippen LogP contribution in [0.5, 0.6) is 0 Å². The summed E-state index contributed by atoms with van der Waals surface area (Å²) in [5, 5.41) is 0. The monoisotopic (exact) mass is 339 g/mol. The van der Waals surface area contributed by atoms with Crippen molar-refractivity contribution in [2.24, 2.45) is 35.0 Å². The Morgan fingerprint density at radius 3 is 2.72 bits per heavy atom. The highest BCUT2D eigenvalue weighted by molar-refractivity contribution is 5.87. The molecule has 0 aromatic carbocycles. The lowest BCUT2D eigenvalue weighted by Gasteiger charge is -2.53. The molecule has 0 amide bonds. The molecule has 1 aliphatic heterocycles. The second-order valence-corrected chi connectivity index (χ2v) is 9.77. The van der Waals surface area contributed by atoms with Gasteiger partial charge in [0.1, 0.15) is 5.78 Å². The van der Waals surface area contributed by atoms with E-state index in [0.29, 0.717) is 17.6 Å². The van der Waals surface area contributed by atoms with Crippen LogP contribution in [0.25, 0.3) is 0 Å². The lowest BCUT2D eigenvalue weighted by molar-refractivity contribution is -0.131. The third kappa shape index (κ3) is 2.32. The molecule has 2 heteroatoms. The molecular weight excluding hydrogens is 306 g/mol. The van der Waals surface area contributed by atoms with Gasteiger partial charge in [-0.1, -0.05) is 19.9 Å². The Morgan fingerprint density at radius 2 is 1.92 bits per heavy atom. The minimum Gasteiger partial charge on any atom is -0.375 e. The number of hydrogen-bond donors (Lipinski definition) is 0. The first-order chi connectivity index (χ1) is 12.1. The van der Waals surface area contributed by atoms with E-state index in [4.69, 9.17) is 0 Å². The number of carbonyl (C=O) groups excluding carboxylic acids is 1. The first-order valence-corrected chi connectivity index (χ1v) is 10.8. The molecule has 136 valence electrons. The predicted molar refractivity (Wildman–Crippen MR) is 101 cm³/mol. The van der Waals surface area contributed by atoms with Crippen LogP contribution in [0, 0.1) is 35.0 Å². The number of ketones is 1. The first kappa shape index (κ1) is 16.1. The van der Waals surface area contributed by atoms with Crippen LogP contribution >= 0.6 is 0 Å². The van der Waals surface area contributed by atoms with Crippen LogP contribution in [0.3, 0.4) is 0 Å². The highest BCUT2D eigenvalue weighted by Crippen LogP contribution is 2.61. The van der Waals surface area contributed by atoms with E-state index < -0.39 is 0 Å². The summed E-state index contributed by atoms with van der Waals surface area (Å²) in [7, 11) is 0. The molecule has 0 aromatic rings. The molecule has 0 unspecified atom stereocenters. The van der Waals surface area contributed by atoms with E-state index in [0.717, 1.165) is 37.0 Å². The van der Waals surface area contributed by atoms with Crippen LogP contribution in [0.2, 0.25) is 0 Å². The smallest absolute Gasteiger partial charge is 0.139 e. The number of carbonyl (C=O) groups is 1. The Hall–Kier alpha value is -1.05. The van der Waals surface area contributed by atoms with Gasteiger partial charge >= 0.3 is 0 Å². The number of fused-ring (bicyclic) bond motifs is 5. The van der Waals surface area contributed by atoms with Crippen molar-refractivity contribution in [3.05, 3.63) is 23.4 Å². The van der Waals surface area contributed by atoms with Gasteiger partial charge in [0.05, 0.1) is 0 Å². The molecule has 0 aromatic heterocycles. The first-order valence-electron chi connectivity index (χ1n) is 10.8. The molecule has 0 spiro atoms. The van der Waals surface area contributed by atoms with E-state index in [2.05, 4.69) is 30.9 Å². The van der Waals surface area contributed by atoms with Crippen molar-refractivity contribution in [1.29, 1.82) is 0 Å². The molecule has 2 saturated carbocycles. The molecule has 1 heterocycles. The van der Waals surface area contributed by atoms with E-state index in [1.807, 2.05) is 0 Å². The van der Waals surface area contributed by atoms with E-state index >= 15 is 0 Å². The van der Waals surface area contributed by atoms with Crippen molar-refractivity contribution in [2.75, 3.05) is 13.1 Å². The van der Waals surface area contributed by atoms with Gasteiger partial charge in [-0.2, -0.15) is 0 Å². The van der Waals surface area contributed by atoms with Gasteiger partial charge in [-0.3, -0.25) is 4.79 Å². The van der Waals surface area contributed by atoms with Crippen LogP contribution < -0.4 is 0 Å². The van der Waals surface area contributed by atoms with Crippen LogP contribution in [0.1, 0.15) is 65.2 Å². The highest BCUT2D eigenvalue weighted by atomic mass is 16.1. The number of allylic oxidation sites excluding steroid dienone is 4. The standard InChI is InChI=1S/C23H33NO/c1-15-13-16-14-17(24-11-3-4-12-24)5-6-18(16)19-9-10-23(2)20(22(15)19)7-8-21(23)25/h13-15,18-20,22H,3-12H2,1-2H3/t15-,18+,19-,20+,22-,23+/m1/s1. The lowest BCUT2D eigenvalue weighted by atomic mass is 9.51. The van der Waals surface area contributed by atoms with Gasteiger partial charge in [0, 0.05) is 30.6 Å². The van der Waals surface area contributed by atoms with E-state index in [9.17, 15) is 4.79 Å². The summed E-state index contributed by atoms with van der Waals surface area (Å²) in [4.78, 5) is 15.2. The third-order valence-corrected chi connectivity index (χ3v) is 8.66. The van der Waals surface area contributed by atoms with Gasteiger partial charge in [0.15, 0.2) is 0 Å². The minimum absolute atomic E-state index is 0.00594. The summed E-state index contributed by atoms with van der Waals surface area (Å²) in [6.45, 7) is 7.27. The maximum Gasteiger partial charge on any atom is 0.139 e. The van der Waals surface area contributed by atoms with E-state index in [1.165, 1.54) is 45.2 Å². The fourth-order valence-corrected chi connectivity index (χ4v) is 7.37. The molecular formula is C23H33NO. The number of likely N-dealkylation sites (tertiary alicyclic amines) is 1. The largest absolute Gasteiger partial charge is 0.375 e. The van der Waals surface area contributed by atoms with Crippen molar-refractivity contribution in [2.45, 2.75) is 65.2 Å². The van der Waals surface area contributed by atoms with Gasteiger partial charge in [0.2, 0.25) is 0 Å². The average Bonchev–Trinajstić information content (AvgIpc) is 3.23. The SMILES string of the molecule is C[C@@H]1C=C2C=C(N3CCCC3)CC[C@@H]2[C@H]2CC[C@]3(C)C(=O)CC[C@H]3[C@@H]21. The van der Waals surface area contributed by atoms with Crippen molar-refractivity contribution < 1.29 is 4.79 Å². The zero-order valence-electron chi connectivity index (χ0n) is 16.0. The second-order valence-electron chi connectivity index (χ2n) is 9.77.